The number of aryl methyl sites for hydroxylation is 2. The molecular weight excluding hydrogens is 542 g/mol. The molecule has 0 radical (unpaired) electrons. The van der Waals surface area contributed by atoms with Gasteiger partial charge >= 0.3 is 0 Å². The molecule has 0 spiro atoms. The third kappa shape index (κ3) is 5.55. The van der Waals surface area contributed by atoms with Crippen molar-refractivity contribution >= 4 is 49.8 Å². The Morgan fingerprint density at radius 1 is 1.08 bits per heavy atom. The van der Waals surface area contributed by atoms with Gasteiger partial charge in [0.15, 0.2) is 9.84 Å². The molecular formula is C27H22F2N6O2S2. The summed E-state index contributed by atoms with van der Waals surface area (Å²) in [6.07, 6.45) is -1.51. The fraction of sp³-hybridized carbons (Fsp3) is 0.222. The van der Waals surface area contributed by atoms with Crippen molar-refractivity contribution in [3.63, 3.8) is 0 Å². The molecule has 0 fully saturated rings. The van der Waals surface area contributed by atoms with E-state index in [1.165, 1.54) is 11.3 Å². The topological polar surface area (TPSA) is 102 Å². The lowest BCUT2D eigenvalue weighted by atomic mass is 10.1. The van der Waals surface area contributed by atoms with Crippen molar-refractivity contribution in [2.75, 3.05) is 11.6 Å². The standard InChI is InChI=1S/C27H22F2N6O2S2/c1-14-15(2)38-27(31-14)16-8-9-19(23(10-16)39(4,36)37)34-20-12-18(11-17-6-5-7-24(30-3)33-17)32-21-13-22(26(28)29)35-25(20)21/h5-10,12,26H,11,13H2,1-2,4H3,(H,32,34). The maximum atomic E-state index is 13.5. The van der Waals surface area contributed by atoms with Crippen LogP contribution >= 0.6 is 11.3 Å². The first kappa shape index (κ1) is 26.5. The summed E-state index contributed by atoms with van der Waals surface area (Å²) in [7, 11) is -3.69. The van der Waals surface area contributed by atoms with Crippen LogP contribution in [0.5, 0.6) is 0 Å². The normalized spacial score (nSPS) is 12.8. The number of sulfone groups is 1. The number of pyridine rings is 2. The SMILES string of the molecule is [C-]#[N+]c1cccc(Cc2cc(Nc3ccc(-c4nc(C)c(C)s4)cc3S(C)(=O)=O)c3c(n2)CC(C(F)F)=N3)n1. The highest BCUT2D eigenvalue weighted by Gasteiger charge is 2.27. The molecule has 12 heteroatoms. The zero-order valence-electron chi connectivity index (χ0n) is 21.2. The Morgan fingerprint density at radius 3 is 2.54 bits per heavy atom. The number of fused-ring (bicyclic) bond motifs is 1. The molecule has 0 saturated heterocycles. The number of halogens is 2. The fourth-order valence-corrected chi connectivity index (χ4v) is 5.95. The lowest BCUT2D eigenvalue weighted by Crippen LogP contribution is -2.10. The van der Waals surface area contributed by atoms with Crippen molar-refractivity contribution in [3.8, 4) is 10.6 Å². The molecule has 39 heavy (non-hydrogen) atoms. The average Bonchev–Trinajstić information content (AvgIpc) is 3.47. The molecule has 3 aromatic heterocycles. The number of rotatable bonds is 7. The monoisotopic (exact) mass is 564 g/mol. The minimum atomic E-state index is -3.69. The van der Waals surface area contributed by atoms with Crippen LogP contribution in [-0.4, -0.2) is 41.8 Å². The van der Waals surface area contributed by atoms with Crippen molar-refractivity contribution in [2.24, 2.45) is 4.99 Å². The van der Waals surface area contributed by atoms with Crippen molar-refractivity contribution in [2.45, 2.75) is 38.0 Å². The Bertz CT molecular complexity index is 1770. The molecule has 0 aliphatic carbocycles. The summed E-state index contributed by atoms with van der Waals surface area (Å²) in [6.45, 7) is 11.0. The summed E-state index contributed by atoms with van der Waals surface area (Å²) in [6, 6.07) is 11.7. The molecule has 0 amide bonds. The van der Waals surface area contributed by atoms with Gasteiger partial charge in [0.2, 0.25) is 0 Å². The van der Waals surface area contributed by atoms with Crippen LogP contribution in [0.2, 0.25) is 0 Å². The first-order chi connectivity index (χ1) is 18.5. The average molecular weight is 565 g/mol. The lowest BCUT2D eigenvalue weighted by Gasteiger charge is -2.15. The number of aromatic nitrogens is 3. The Morgan fingerprint density at radius 2 is 1.87 bits per heavy atom. The Kier molecular flexibility index (Phi) is 6.96. The zero-order valence-corrected chi connectivity index (χ0v) is 22.8. The second-order valence-electron chi connectivity index (χ2n) is 9.08. The summed E-state index contributed by atoms with van der Waals surface area (Å²) < 4.78 is 52.7. The molecule has 0 saturated carbocycles. The molecule has 8 nitrogen and oxygen atoms in total. The van der Waals surface area contributed by atoms with Crippen LogP contribution in [0.25, 0.3) is 15.4 Å². The first-order valence-corrected chi connectivity index (χ1v) is 14.5. The van der Waals surface area contributed by atoms with Crippen LogP contribution in [0.3, 0.4) is 0 Å². The molecule has 0 bridgehead atoms. The number of nitrogens with zero attached hydrogens (tertiary/aromatic N) is 5. The number of alkyl halides is 2. The van der Waals surface area contributed by atoms with Crippen molar-refractivity contribution in [3.05, 3.63) is 81.5 Å². The quantitative estimate of drug-likeness (QED) is 0.261. The summed E-state index contributed by atoms with van der Waals surface area (Å²) in [4.78, 5) is 21.9. The molecule has 0 unspecified atom stereocenters. The molecule has 5 rings (SSSR count). The third-order valence-corrected chi connectivity index (χ3v) is 8.43. The van der Waals surface area contributed by atoms with Gasteiger partial charge in [-0.05, 0) is 50.2 Å². The van der Waals surface area contributed by atoms with Gasteiger partial charge < -0.3 is 10.2 Å². The number of thiazole rings is 1. The smallest absolute Gasteiger partial charge is 0.277 e. The van der Waals surface area contributed by atoms with Gasteiger partial charge in [0.25, 0.3) is 12.2 Å². The zero-order chi connectivity index (χ0) is 27.9. The highest BCUT2D eigenvalue weighted by atomic mass is 32.2. The number of nitrogens with one attached hydrogen (secondary N) is 1. The van der Waals surface area contributed by atoms with Gasteiger partial charge in [-0.1, -0.05) is 12.6 Å². The van der Waals surface area contributed by atoms with Gasteiger partial charge in [-0.2, -0.15) is 0 Å². The number of aliphatic imine (C=N–C) groups is 1. The van der Waals surface area contributed by atoms with Crippen LogP contribution in [0, 0.1) is 20.4 Å². The second kappa shape index (κ2) is 10.2. The largest absolute Gasteiger partial charge is 0.361 e. The molecule has 1 aliphatic heterocycles. The molecule has 0 atom stereocenters. The molecule has 1 N–H and O–H groups in total. The second-order valence-corrected chi connectivity index (χ2v) is 12.3. The Labute approximate surface area is 228 Å². The van der Waals surface area contributed by atoms with Crippen LogP contribution in [0.15, 0.2) is 52.4 Å². The molecule has 1 aromatic carbocycles. The first-order valence-electron chi connectivity index (χ1n) is 11.8. The van der Waals surface area contributed by atoms with E-state index in [0.717, 1.165) is 16.8 Å². The van der Waals surface area contributed by atoms with Crippen LogP contribution in [0.4, 0.5) is 31.7 Å². The highest BCUT2D eigenvalue weighted by molar-refractivity contribution is 7.90. The number of anilines is 2. The van der Waals surface area contributed by atoms with E-state index in [2.05, 4.69) is 30.1 Å². The van der Waals surface area contributed by atoms with E-state index >= 15 is 0 Å². The van der Waals surface area contributed by atoms with Crippen LogP contribution < -0.4 is 5.32 Å². The predicted octanol–water partition coefficient (Wildman–Crippen LogP) is 6.40. The Hall–Kier alpha value is -4.08. The van der Waals surface area contributed by atoms with Gasteiger partial charge in [0.05, 0.1) is 45.5 Å². The van der Waals surface area contributed by atoms with Gasteiger partial charge in [0, 0.05) is 23.1 Å². The third-order valence-electron chi connectivity index (χ3n) is 6.17. The van der Waals surface area contributed by atoms with Gasteiger partial charge in [-0.3, -0.25) is 4.98 Å². The molecule has 1 aliphatic rings. The molecule has 198 valence electrons. The van der Waals surface area contributed by atoms with Crippen molar-refractivity contribution in [1.82, 2.24) is 15.0 Å². The number of benzene rings is 1. The summed E-state index contributed by atoms with van der Waals surface area (Å²) in [5.41, 5.74) is 3.57. The van der Waals surface area contributed by atoms with Crippen molar-refractivity contribution in [1.29, 1.82) is 0 Å². The summed E-state index contributed by atoms with van der Waals surface area (Å²) in [5.74, 6) is 0.235. The van der Waals surface area contributed by atoms with E-state index in [-0.39, 0.29) is 40.6 Å². The van der Waals surface area contributed by atoms with E-state index < -0.39 is 16.3 Å². The van der Waals surface area contributed by atoms with Gasteiger partial charge in [0.1, 0.15) is 16.4 Å². The minimum Gasteiger partial charge on any atom is -0.361 e. The van der Waals surface area contributed by atoms with Crippen LogP contribution in [0.1, 0.15) is 27.7 Å². The minimum absolute atomic E-state index is 0.0418. The number of hydrogen-bond acceptors (Lipinski definition) is 8. The van der Waals surface area contributed by atoms with Crippen LogP contribution in [-0.2, 0) is 22.7 Å². The van der Waals surface area contributed by atoms with E-state index in [1.54, 1.807) is 42.5 Å². The van der Waals surface area contributed by atoms with Gasteiger partial charge in [-0.25, -0.2) is 27.2 Å². The lowest BCUT2D eigenvalue weighted by molar-refractivity contribution is 0.224. The van der Waals surface area contributed by atoms with E-state index in [9.17, 15) is 17.2 Å². The summed E-state index contributed by atoms with van der Waals surface area (Å²) in [5, 5.41) is 3.83. The number of hydrogen-bond donors (Lipinski definition) is 1. The highest BCUT2D eigenvalue weighted by Crippen LogP contribution is 2.40. The maximum absolute atomic E-state index is 13.5. The van der Waals surface area contributed by atoms with Crippen molar-refractivity contribution < 1.29 is 17.2 Å². The van der Waals surface area contributed by atoms with E-state index in [1.807, 2.05) is 13.8 Å². The van der Waals surface area contributed by atoms with Gasteiger partial charge in [-0.15, -0.1) is 16.3 Å². The fourth-order valence-electron chi connectivity index (χ4n) is 4.18. The molecule has 4 aromatic rings. The molecule has 4 heterocycles. The maximum Gasteiger partial charge on any atom is 0.277 e. The van der Waals surface area contributed by atoms with E-state index in [4.69, 9.17) is 6.57 Å². The summed E-state index contributed by atoms with van der Waals surface area (Å²) >= 11 is 1.47. The van der Waals surface area contributed by atoms with E-state index in [0.29, 0.717) is 33.3 Å². The Balaban J connectivity index is 1.58. The predicted molar refractivity (Wildman–Crippen MR) is 148 cm³/mol.